The first-order valence-corrected chi connectivity index (χ1v) is 4.56. The molecule has 5 heteroatoms. The van der Waals surface area contributed by atoms with Crippen molar-refractivity contribution in [3.63, 3.8) is 0 Å². The highest BCUT2D eigenvalue weighted by Gasteiger charge is 1.98. The number of aromatic nitrogens is 2. The van der Waals surface area contributed by atoms with Gasteiger partial charge in [-0.2, -0.15) is 11.3 Å². The summed E-state index contributed by atoms with van der Waals surface area (Å²) in [4.78, 5) is 24.2. The van der Waals surface area contributed by atoms with Gasteiger partial charge in [-0.05, 0) is 11.4 Å². The van der Waals surface area contributed by atoms with E-state index < -0.39 is 5.69 Å². The van der Waals surface area contributed by atoms with Crippen LogP contribution in [0.3, 0.4) is 0 Å². The Kier molecular flexibility index (Phi) is 1.86. The summed E-state index contributed by atoms with van der Waals surface area (Å²) in [5.74, 6) is 0. The van der Waals surface area contributed by atoms with Crippen LogP contribution in [-0.2, 0) is 0 Å². The molecule has 0 radical (unpaired) electrons. The molecule has 0 aliphatic carbocycles. The minimum absolute atomic E-state index is 0.378. The van der Waals surface area contributed by atoms with Gasteiger partial charge < -0.3 is 0 Å². The van der Waals surface area contributed by atoms with Crippen LogP contribution in [0, 0.1) is 0 Å². The summed E-state index contributed by atoms with van der Waals surface area (Å²) >= 11 is 1.50. The lowest BCUT2D eigenvalue weighted by Crippen LogP contribution is -2.27. The highest BCUT2D eigenvalue weighted by atomic mass is 32.1. The minimum Gasteiger partial charge on any atom is -0.274 e. The predicted molar refractivity (Wildman–Crippen MR) is 50.5 cm³/mol. The molecule has 0 aromatic carbocycles. The zero-order valence-corrected chi connectivity index (χ0v) is 7.38. The van der Waals surface area contributed by atoms with Gasteiger partial charge in [0.2, 0.25) is 0 Å². The number of hydrogen-bond donors (Lipinski definition) is 1. The summed E-state index contributed by atoms with van der Waals surface area (Å²) in [6.45, 7) is 0. The summed E-state index contributed by atoms with van der Waals surface area (Å²) in [5, 5.41) is 3.70. The fourth-order valence-electron chi connectivity index (χ4n) is 1.01. The van der Waals surface area contributed by atoms with Crippen molar-refractivity contribution in [3.05, 3.63) is 49.9 Å². The highest BCUT2D eigenvalue weighted by molar-refractivity contribution is 7.08. The maximum absolute atomic E-state index is 11.3. The Bertz CT molecular complexity index is 509. The molecule has 1 N–H and O–H groups in total. The fraction of sp³-hybridized carbons (Fsp3) is 0. The lowest BCUT2D eigenvalue weighted by Gasteiger charge is -1.98. The third kappa shape index (κ3) is 1.46. The van der Waals surface area contributed by atoms with Crippen LogP contribution in [0.1, 0.15) is 0 Å². The summed E-state index contributed by atoms with van der Waals surface area (Å²) in [7, 11) is 0. The van der Waals surface area contributed by atoms with Gasteiger partial charge in [0.05, 0.1) is 5.69 Å². The Morgan fingerprint density at radius 3 is 2.77 bits per heavy atom. The Labute approximate surface area is 77.1 Å². The third-order valence-corrected chi connectivity index (χ3v) is 2.28. The number of rotatable bonds is 1. The van der Waals surface area contributed by atoms with E-state index in [0.29, 0.717) is 0 Å². The molecular formula is C8H6N2O2S. The molecule has 2 aromatic heterocycles. The van der Waals surface area contributed by atoms with E-state index in [4.69, 9.17) is 0 Å². The average Bonchev–Trinajstić information content (AvgIpc) is 2.56. The van der Waals surface area contributed by atoms with Crippen LogP contribution in [0.2, 0.25) is 0 Å². The van der Waals surface area contributed by atoms with Gasteiger partial charge in [-0.1, -0.05) is 0 Å². The first-order chi connectivity index (χ1) is 6.27. The SMILES string of the molecule is O=c1ccn(-c2ccsc2)c(=O)[nH]1. The Balaban J connectivity index is 2.67. The molecule has 66 valence electrons. The van der Waals surface area contributed by atoms with Gasteiger partial charge in [0.25, 0.3) is 5.56 Å². The van der Waals surface area contributed by atoms with Gasteiger partial charge in [0, 0.05) is 17.6 Å². The third-order valence-electron chi connectivity index (χ3n) is 1.61. The second-order valence-electron chi connectivity index (χ2n) is 2.46. The summed E-state index contributed by atoms with van der Waals surface area (Å²) in [6, 6.07) is 3.13. The van der Waals surface area contributed by atoms with Crippen LogP contribution >= 0.6 is 11.3 Å². The maximum atomic E-state index is 11.3. The number of nitrogens with zero attached hydrogens (tertiary/aromatic N) is 1. The van der Waals surface area contributed by atoms with Crippen molar-refractivity contribution in [3.8, 4) is 5.69 Å². The van der Waals surface area contributed by atoms with Crippen LogP contribution in [0.4, 0.5) is 0 Å². The highest BCUT2D eigenvalue weighted by Crippen LogP contribution is 2.08. The quantitative estimate of drug-likeness (QED) is 0.722. The normalized spacial score (nSPS) is 10.2. The van der Waals surface area contributed by atoms with Crippen molar-refractivity contribution < 1.29 is 0 Å². The molecule has 2 aromatic rings. The van der Waals surface area contributed by atoms with Gasteiger partial charge >= 0.3 is 5.69 Å². The molecule has 0 unspecified atom stereocenters. The largest absolute Gasteiger partial charge is 0.332 e. The maximum Gasteiger partial charge on any atom is 0.332 e. The molecule has 4 nitrogen and oxygen atoms in total. The lowest BCUT2D eigenvalue weighted by atomic mass is 10.5. The first-order valence-electron chi connectivity index (χ1n) is 3.62. The fourth-order valence-corrected chi connectivity index (χ4v) is 1.64. The Hall–Kier alpha value is -1.62. The predicted octanol–water partition coefficient (Wildman–Crippen LogP) is 0.587. The molecule has 0 aliphatic heterocycles. The Morgan fingerprint density at radius 2 is 2.15 bits per heavy atom. The molecular weight excluding hydrogens is 188 g/mol. The van der Waals surface area contributed by atoms with E-state index in [-0.39, 0.29) is 5.56 Å². The molecule has 0 saturated carbocycles. The molecule has 0 aliphatic rings. The standard InChI is InChI=1S/C8H6N2O2S/c11-7-1-3-10(8(12)9-7)6-2-4-13-5-6/h1-5H,(H,9,11,12). The minimum atomic E-state index is -0.411. The molecule has 0 bridgehead atoms. The van der Waals surface area contributed by atoms with Crippen molar-refractivity contribution >= 4 is 11.3 Å². The molecule has 0 fully saturated rings. The number of H-pyrrole nitrogens is 1. The van der Waals surface area contributed by atoms with Crippen molar-refractivity contribution in [2.24, 2.45) is 0 Å². The van der Waals surface area contributed by atoms with Crippen molar-refractivity contribution in [2.45, 2.75) is 0 Å². The van der Waals surface area contributed by atoms with Crippen LogP contribution in [0.25, 0.3) is 5.69 Å². The lowest BCUT2D eigenvalue weighted by molar-refractivity contribution is 0.900. The molecule has 0 atom stereocenters. The average molecular weight is 194 g/mol. The van der Waals surface area contributed by atoms with E-state index in [9.17, 15) is 9.59 Å². The van der Waals surface area contributed by atoms with Crippen LogP contribution in [0.5, 0.6) is 0 Å². The summed E-state index contributed by atoms with van der Waals surface area (Å²) in [6.07, 6.45) is 1.46. The molecule has 0 amide bonds. The molecule has 0 saturated heterocycles. The molecule has 2 heterocycles. The topological polar surface area (TPSA) is 54.9 Å². The Morgan fingerprint density at radius 1 is 1.31 bits per heavy atom. The van der Waals surface area contributed by atoms with Crippen molar-refractivity contribution in [1.82, 2.24) is 9.55 Å². The first kappa shape index (κ1) is 8.00. The number of thiophene rings is 1. The van der Waals surface area contributed by atoms with E-state index in [1.54, 1.807) is 0 Å². The van der Waals surface area contributed by atoms with E-state index in [0.717, 1.165) is 5.69 Å². The van der Waals surface area contributed by atoms with Crippen LogP contribution in [0.15, 0.2) is 38.7 Å². The van der Waals surface area contributed by atoms with E-state index >= 15 is 0 Å². The number of hydrogen-bond acceptors (Lipinski definition) is 3. The zero-order valence-electron chi connectivity index (χ0n) is 6.56. The van der Waals surface area contributed by atoms with Gasteiger partial charge in [0.1, 0.15) is 0 Å². The van der Waals surface area contributed by atoms with Crippen molar-refractivity contribution in [1.29, 1.82) is 0 Å². The van der Waals surface area contributed by atoms with Gasteiger partial charge in [-0.25, -0.2) is 4.79 Å². The molecule has 13 heavy (non-hydrogen) atoms. The van der Waals surface area contributed by atoms with E-state index in [2.05, 4.69) is 4.98 Å². The van der Waals surface area contributed by atoms with Gasteiger partial charge in [-0.3, -0.25) is 14.3 Å². The summed E-state index contributed by atoms with van der Waals surface area (Å²) in [5.41, 5.74) is -0.0198. The second-order valence-corrected chi connectivity index (χ2v) is 3.24. The number of nitrogens with one attached hydrogen (secondary N) is 1. The molecule has 2 rings (SSSR count). The van der Waals surface area contributed by atoms with Gasteiger partial charge in [0.15, 0.2) is 0 Å². The zero-order chi connectivity index (χ0) is 9.26. The monoisotopic (exact) mass is 194 g/mol. The van der Waals surface area contributed by atoms with Crippen molar-refractivity contribution in [2.75, 3.05) is 0 Å². The number of aromatic amines is 1. The summed E-state index contributed by atoms with van der Waals surface area (Å²) < 4.78 is 1.39. The van der Waals surface area contributed by atoms with E-state index in [1.807, 2.05) is 16.8 Å². The second kappa shape index (κ2) is 3.02. The van der Waals surface area contributed by atoms with E-state index in [1.165, 1.54) is 28.2 Å². The smallest absolute Gasteiger partial charge is 0.274 e. The van der Waals surface area contributed by atoms with Gasteiger partial charge in [-0.15, -0.1) is 0 Å². The van der Waals surface area contributed by atoms with Crippen LogP contribution < -0.4 is 11.2 Å². The molecule has 0 spiro atoms. The van der Waals surface area contributed by atoms with Crippen LogP contribution in [-0.4, -0.2) is 9.55 Å².